The predicted octanol–water partition coefficient (Wildman–Crippen LogP) is 2.09. The maximum Gasteiger partial charge on any atom is 0.193 e. The number of guanidine groups is 1. The minimum Gasteiger partial charge on any atom is -0.388 e. The zero-order valence-corrected chi connectivity index (χ0v) is 14.0. The zero-order valence-electron chi connectivity index (χ0n) is 11.6. The quantitative estimate of drug-likeness (QED) is 0.408. The number of hydrogen-bond donors (Lipinski definition) is 3. The van der Waals surface area contributed by atoms with Crippen LogP contribution in [0.3, 0.4) is 0 Å². The van der Waals surface area contributed by atoms with E-state index in [-0.39, 0.29) is 24.0 Å². The summed E-state index contributed by atoms with van der Waals surface area (Å²) in [6.07, 6.45) is 2.68. The lowest BCUT2D eigenvalue weighted by Gasteiger charge is -2.35. The van der Waals surface area contributed by atoms with E-state index < -0.39 is 5.60 Å². The van der Waals surface area contributed by atoms with Crippen molar-refractivity contribution in [1.82, 2.24) is 0 Å². The molecule has 2 rings (SSSR count). The van der Waals surface area contributed by atoms with E-state index in [0.29, 0.717) is 19.1 Å². The van der Waals surface area contributed by atoms with E-state index in [4.69, 9.17) is 10.5 Å². The molecule has 5 nitrogen and oxygen atoms in total. The number of benzene rings is 1. The monoisotopic (exact) mass is 391 g/mol. The Morgan fingerprint density at radius 3 is 2.75 bits per heavy atom. The molecular formula is C14H22IN3O2. The molecule has 1 aliphatic rings. The molecular weight excluding hydrogens is 369 g/mol. The van der Waals surface area contributed by atoms with Gasteiger partial charge < -0.3 is 20.9 Å². The van der Waals surface area contributed by atoms with Crippen LogP contribution in [0.2, 0.25) is 0 Å². The third kappa shape index (κ3) is 4.60. The molecule has 1 aromatic carbocycles. The summed E-state index contributed by atoms with van der Waals surface area (Å²) in [6, 6.07) is 7.77. The Balaban J connectivity index is 0.00000200. The molecule has 1 fully saturated rings. The number of methoxy groups -OCH3 is 1. The lowest BCUT2D eigenvalue weighted by Crippen LogP contribution is -2.41. The molecule has 112 valence electrons. The second kappa shape index (κ2) is 7.80. The van der Waals surface area contributed by atoms with Gasteiger partial charge in [-0.1, -0.05) is 18.2 Å². The lowest BCUT2D eigenvalue weighted by atomic mass is 9.80. The van der Waals surface area contributed by atoms with Crippen molar-refractivity contribution >= 4 is 35.6 Å². The number of halogens is 1. The molecule has 0 aliphatic heterocycles. The first-order chi connectivity index (χ1) is 9.13. The second-order valence-electron chi connectivity index (χ2n) is 4.99. The Morgan fingerprint density at radius 2 is 2.15 bits per heavy atom. The van der Waals surface area contributed by atoms with Gasteiger partial charge in [0.2, 0.25) is 0 Å². The van der Waals surface area contributed by atoms with E-state index in [1.54, 1.807) is 7.11 Å². The van der Waals surface area contributed by atoms with Gasteiger partial charge in [-0.2, -0.15) is 0 Å². The Hall–Kier alpha value is -0.860. The summed E-state index contributed by atoms with van der Waals surface area (Å²) >= 11 is 0. The first-order valence-corrected chi connectivity index (χ1v) is 6.49. The molecule has 0 radical (unpaired) electrons. The van der Waals surface area contributed by atoms with E-state index >= 15 is 0 Å². The molecule has 1 aliphatic carbocycles. The summed E-state index contributed by atoms with van der Waals surface area (Å²) < 4.78 is 5.13. The van der Waals surface area contributed by atoms with Crippen molar-refractivity contribution < 1.29 is 9.84 Å². The Labute approximate surface area is 136 Å². The molecule has 0 aromatic heterocycles. The first-order valence-electron chi connectivity index (χ1n) is 6.49. The van der Waals surface area contributed by atoms with Gasteiger partial charge in [0.05, 0.1) is 18.8 Å². The van der Waals surface area contributed by atoms with Crippen molar-refractivity contribution in [3.05, 3.63) is 29.8 Å². The van der Waals surface area contributed by atoms with Crippen LogP contribution in [0.1, 0.15) is 24.8 Å². The number of rotatable bonds is 5. The van der Waals surface area contributed by atoms with Crippen LogP contribution in [-0.2, 0) is 11.3 Å². The highest BCUT2D eigenvalue weighted by Crippen LogP contribution is 2.31. The highest BCUT2D eigenvalue weighted by Gasteiger charge is 2.33. The number of ether oxygens (including phenoxy) is 1. The maximum absolute atomic E-state index is 9.95. The van der Waals surface area contributed by atoms with E-state index in [2.05, 4.69) is 10.3 Å². The average molecular weight is 391 g/mol. The molecule has 4 N–H and O–H groups in total. The third-order valence-corrected chi connectivity index (χ3v) is 3.41. The molecule has 0 spiro atoms. The molecule has 1 saturated carbocycles. The molecule has 0 amide bonds. The normalized spacial score (nSPS) is 17.0. The van der Waals surface area contributed by atoms with Crippen LogP contribution >= 0.6 is 24.0 Å². The van der Waals surface area contributed by atoms with Crippen molar-refractivity contribution in [2.24, 2.45) is 10.7 Å². The van der Waals surface area contributed by atoms with Crippen LogP contribution in [0.15, 0.2) is 29.3 Å². The van der Waals surface area contributed by atoms with Crippen LogP contribution in [0.25, 0.3) is 0 Å². The summed E-state index contributed by atoms with van der Waals surface area (Å²) in [5.74, 6) is 0.323. The zero-order chi connectivity index (χ0) is 13.7. The molecule has 0 saturated heterocycles. The number of nitrogens with two attached hydrogens (primary N) is 1. The number of nitrogens with zero attached hydrogens (tertiary/aromatic N) is 1. The Kier molecular flexibility index (Phi) is 6.70. The van der Waals surface area contributed by atoms with Crippen molar-refractivity contribution in [2.45, 2.75) is 31.5 Å². The smallest absolute Gasteiger partial charge is 0.193 e. The van der Waals surface area contributed by atoms with Crippen molar-refractivity contribution in [2.75, 3.05) is 19.0 Å². The van der Waals surface area contributed by atoms with E-state index in [1.165, 1.54) is 0 Å². The minimum absolute atomic E-state index is 0. The molecule has 0 atom stereocenters. The SMILES string of the molecule is COCc1ccccc1NC(N)=NCC1(O)CCC1.I. The standard InChI is InChI=1S/C14H21N3O2.HI/c1-19-9-11-5-2-3-6-12(11)17-13(15)16-10-14(18)7-4-8-14;/h2-3,5-6,18H,4,7-10H2,1H3,(H3,15,16,17);1H. The van der Waals surface area contributed by atoms with Gasteiger partial charge in [0.1, 0.15) is 0 Å². The summed E-state index contributed by atoms with van der Waals surface area (Å²) in [4.78, 5) is 4.21. The number of anilines is 1. The van der Waals surface area contributed by atoms with Gasteiger partial charge in [-0.25, -0.2) is 0 Å². The van der Waals surface area contributed by atoms with Crippen LogP contribution in [0.4, 0.5) is 5.69 Å². The molecule has 1 aromatic rings. The van der Waals surface area contributed by atoms with E-state index in [1.807, 2.05) is 24.3 Å². The second-order valence-corrected chi connectivity index (χ2v) is 4.99. The summed E-state index contributed by atoms with van der Waals surface area (Å²) in [6.45, 7) is 0.874. The Bertz CT molecular complexity index is 461. The molecule has 0 heterocycles. The highest BCUT2D eigenvalue weighted by atomic mass is 127. The van der Waals surface area contributed by atoms with Gasteiger partial charge in [-0.3, -0.25) is 4.99 Å². The Morgan fingerprint density at radius 1 is 1.45 bits per heavy atom. The van der Waals surface area contributed by atoms with Crippen LogP contribution < -0.4 is 11.1 Å². The number of hydrogen-bond acceptors (Lipinski definition) is 3. The minimum atomic E-state index is -0.641. The van der Waals surface area contributed by atoms with Crippen LogP contribution in [0, 0.1) is 0 Å². The lowest BCUT2D eigenvalue weighted by molar-refractivity contribution is -0.0235. The number of nitrogens with one attached hydrogen (secondary N) is 1. The van der Waals surface area contributed by atoms with Gasteiger partial charge >= 0.3 is 0 Å². The van der Waals surface area contributed by atoms with E-state index in [9.17, 15) is 5.11 Å². The van der Waals surface area contributed by atoms with Gasteiger partial charge in [0.15, 0.2) is 5.96 Å². The maximum atomic E-state index is 9.95. The number of para-hydroxylation sites is 1. The fraction of sp³-hybridized carbons (Fsp3) is 0.500. The fourth-order valence-corrected chi connectivity index (χ4v) is 2.08. The van der Waals surface area contributed by atoms with Crippen LogP contribution in [0.5, 0.6) is 0 Å². The summed E-state index contributed by atoms with van der Waals surface area (Å²) in [7, 11) is 1.65. The molecule has 6 heteroatoms. The van der Waals surface area contributed by atoms with Crippen molar-refractivity contribution in [3.8, 4) is 0 Å². The van der Waals surface area contributed by atoms with Crippen LogP contribution in [-0.4, -0.2) is 30.3 Å². The average Bonchev–Trinajstić information content (AvgIpc) is 2.37. The fourth-order valence-electron chi connectivity index (χ4n) is 2.08. The van der Waals surface area contributed by atoms with Crippen molar-refractivity contribution in [3.63, 3.8) is 0 Å². The first kappa shape index (κ1) is 17.2. The van der Waals surface area contributed by atoms with E-state index in [0.717, 1.165) is 30.5 Å². The predicted molar refractivity (Wildman–Crippen MR) is 91.5 cm³/mol. The topological polar surface area (TPSA) is 79.9 Å². The van der Waals surface area contributed by atoms with Gasteiger partial charge in [-0.15, -0.1) is 24.0 Å². The summed E-state index contributed by atoms with van der Waals surface area (Å²) in [5, 5.41) is 13.0. The molecule has 0 unspecified atom stereocenters. The van der Waals surface area contributed by atoms with Crippen molar-refractivity contribution in [1.29, 1.82) is 0 Å². The summed E-state index contributed by atoms with van der Waals surface area (Å²) in [5.41, 5.74) is 7.10. The highest BCUT2D eigenvalue weighted by molar-refractivity contribution is 14.0. The number of aliphatic imine (C=N–C) groups is 1. The number of aliphatic hydroxyl groups is 1. The molecule has 20 heavy (non-hydrogen) atoms. The molecule has 0 bridgehead atoms. The largest absolute Gasteiger partial charge is 0.388 e. The van der Waals surface area contributed by atoms with Gasteiger partial charge in [0, 0.05) is 18.4 Å². The third-order valence-electron chi connectivity index (χ3n) is 3.41. The van der Waals surface area contributed by atoms with Gasteiger partial charge in [0.25, 0.3) is 0 Å². The van der Waals surface area contributed by atoms with Gasteiger partial charge in [-0.05, 0) is 25.3 Å².